The summed E-state index contributed by atoms with van der Waals surface area (Å²) in [6.45, 7) is 5.90. The predicted molar refractivity (Wildman–Crippen MR) is 79.7 cm³/mol. The maximum absolute atomic E-state index is 12.1. The van der Waals surface area contributed by atoms with Crippen LogP contribution in [0.1, 0.15) is 19.4 Å². The monoisotopic (exact) mass is 290 g/mol. The number of rotatable bonds is 3. The van der Waals surface area contributed by atoms with E-state index in [9.17, 15) is 4.79 Å². The van der Waals surface area contributed by atoms with Gasteiger partial charge < -0.3 is 9.64 Å². The van der Waals surface area contributed by atoms with E-state index in [1.165, 1.54) is 0 Å². The molecule has 0 saturated carbocycles. The van der Waals surface area contributed by atoms with Crippen LogP contribution >= 0.6 is 11.8 Å². The standard InChI is InChI=1S/C15H18N2O2S/c1-11-8-17(9-12(2)20-11)15(18)10-19-14-5-3-13(7-16)4-6-14/h3-6,11-12H,8-10H2,1-2H3. The molecule has 1 aromatic carbocycles. The molecular weight excluding hydrogens is 272 g/mol. The van der Waals surface area contributed by atoms with Gasteiger partial charge in [0.15, 0.2) is 6.61 Å². The Morgan fingerprint density at radius 1 is 1.35 bits per heavy atom. The van der Waals surface area contributed by atoms with E-state index in [-0.39, 0.29) is 12.5 Å². The first-order valence-corrected chi connectivity index (χ1v) is 7.59. The molecule has 1 aliphatic heterocycles. The van der Waals surface area contributed by atoms with Crippen LogP contribution in [0, 0.1) is 11.3 Å². The number of carbonyl (C=O) groups is 1. The number of ether oxygens (including phenoxy) is 1. The molecule has 0 N–H and O–H groups in total. The second-order valence-electron chi connectivity index (χ2n) is 4.98. The van der Waals surface area contributed by atoms with E-state index in [1.807, 2.05) is 22.7 Å². The molecule has 0 radical (unpaired) electrons. The van der Waals surface area contributed by atoms with E-state index < -0.39 is 0 Å². The summed E-state index contributed by atoms with van der Waals surface area (Å²) < 4.78 is 5.48. The van der Waals surface area contributed by atoms with Crippen LogP contribution in [-0.4, -0.2) is 41.0 Å². The van der Waals surface area contributed by atoms with Crippen molar-refractivity contribution in [2.75, 3.05) is 19.7 Å². The van der Waals surface area contributed by atoms with Crippen molar-refractivity contribution in [2.45, 2.75) is 24.3 Å². The normalized spacial score (nSPS) is 22.1. The molecule has 20 heavy (non-hydrogen) atoms. The van der Waals surface area contributed by atoms with Gasteiger partial charge in [0.05, 0.1) is 11.6 Å². The second kappa shape index (κ2) is 6.67. The van der Waals surface area contributed by atoms with Crippen LogP contribution < -0.4 is 4.74 Å². The summed E-state index contributed by atoms with van der Waals surface area (Å²) in [6.07, 6.45) is 0. The molecule has 4 nitrogen and oxygen atoms in total. The Morgan fingerprint density at radius 3 is 2.50 bits per heavy atom. The highest BCUT2D eigenvalue weighted by Crippen LogP contribution is 2.24. The molecule has 2 rings (SSSR count). The van der Waals surface area contributed by atoms with Gasteiger partial charge in [0.2, 0.25) is 0 Å². The fraction of sp³-hybridized carbons (Fsp3) is 0.467. The Hall–Kier alpha value is -1.67. The maximum atomic E-state index is 12.1. The summed E-state index contributed by atoms with van der Waals surface area (Å²) >= 11 is 1.92. The van der Waals surface area contributed by atoms with Crippen LogP contribution in [0.15, 0.2) is 24.3 Å². The molecule has 1 amide bonds. The average Bonchev–Trinajstić information content (AvgIpc) is 2.44. The van der Waals surface area contributed by atoms with Gasteiger partial charge in [-0.3, -0.25) is 4.79 Å². The van der Waals surface area contributed by atoms with Gasteiger partial charge in [0.1, 0.15) is 5.75 Å². The average molecular weight is 290 g/mol. The number of hydrogen-bond acceptors (Lipinski definition) is 4. The highest BCUT2D eigenvalue weighted by Gasteiger charge is 2.25. The molecule has 1 saturated heterocycles. The highest BCUT2D eigenvalue weighted by molar-refractivity contribution is 8.00. The van der Waals surface area contributed by atoms with Gasteiger partial charge in [-0.1, -0.05) is 13.8 Å². The van der Waals surface area contributed by atoms with E-state index in [1.54, 1.807) is 24.3 Å². The molecule has 2 unspecified atom stereocenters. The maximum Gasteiger partial charge on any atom is 0.260 e. The Labute approximate surface area is 123 Å². The summed E-state index contributed by atoms with van der Waals surface area (Å²) in [5, 5.41) is 9.65. The smallest absolute Gasteiger partial charge is 0.260 e. The van der Waals surface area contributed by atoms with Crippen molar-refractivity contribution in [1.82, 2.24) is 4.90 Å². The number of hydrogen-bond donors (Lipinski definition) is 0. The number of nitriles is 1. The van der Waals surface area contributed by atoms with E-state index in [4.69, 9.17) is 10.00 Å². The first-order chi connectivity index (χ1) is 9.58. The minimum atomic E-state index is 0.0216. The fourth-order valence-corrected chi connectivity index (χ4v) is 3.57. The first kappa shape index (κ1) is 14.7. The quantitative estimate of drug-likeness (QED) is 0.857. The van der Waals surface area contributed by atoms with Gasteiger partial charge in [-0.2, -0.15) is 17.0 Å². The summed E-state index contributed by atoms with van der Waals surface area (Å²) in [4.78, 5) is 14.0. The minimum absolute atomic E-state index is 0.0216. The number of carbonyl (C=O) groups excluding carboxylic acids is 1. The van der Waals surface area contributed by atoms with E-state index in [0.29, 0.717) is 21.8 Å². The molecule has 0 bridgehead atoms. The summed E-state index contributed by atoms with van der Waals surface area (Å²) in [5.41, 5.74) is 0.583. The number of amides is 1. The van der Waals surface area contributed by atoms with Gasteiger partial charge in [-0.15, -0.1) is 0 Å². The van der Waals surface area contributed by atoms with Crippen LogP contribution in [0.25, 0.3) is 0 Å². The molecule has 2 atom stereocenters. The van der Waals surface area contributed by atoms with Crippen molar-refractivity contribution in [3.05, 3.63) is 29.8 Å². The zero-order chi connectivity index (χ0) is 14.5. The Balaban J connectivity index is 1.86. The minimum Gasteiger partial charge on any atom is -0.484 e. The van der Waals surface area contributed by atoms with E-state index >= 15 is 0 Å². The number of benzene rings is 1. The lowest BCUT2D eigenvalue weighted by atomic mass is 10.2. The van der Waals surface area contributed by atoms with Crippen molar-refractivity contribution in [3.63, 3.8) is 0 Å². The number of thioether (sulfide) groups is 1. The van der Waals surface area contributed by atoms with E-state index in [0.717, 1.165) is 13.1 Å². The highest BCUT2D eigenvalue weighted by atomic mass is 32.2. The lowest BCUT2D eigenvalue weighted by Gasteiger charge is -2.34. The summed E-state index contributed by atoms with van der Waals surface area (Å²) in [7, 11) is 0. The molecule has 0 aromatic heterocycles. The van der Waals surface area contributed by atoms with Crippen LogP contribution in [0.4, 0.5) is 0 Å². The Morgan fingerprint density at radius 2 is 1.95 bits per heavy atom. The molecule has 1 aromatic rings. The molecular formula is C15H18N2O2S. The van der Waals surface area contributed by atoms with Crippen LogP contribution in [0.5, 0.6) is 5.75 Å². The van der Waals surface area contributed by atoms with Crippen LogP contribution in [0.3, 0.4) is 0 Å². The van der Waals surface area contributed by atoms with Crippen molar-refractivity contribution in [1.29, 1.82) is 5.26 Å². The van der Waals surface area contributed by atoms with E-state index in [2.05, 4.69) is 13.8 Å². The zero-order valence-electron chi connectivity index (χ0n) is 11.7. The zero-order valence-corrected chi connectivity index (χ0v) is 12.5. The molecule has 106 valence electrons. The van der Waals surface area contributed by atoms with Crippen molar-refractivity contribution >= 4 is 17.7 Å². The molecule has 1 aliphatic rings. The van der Waals surface area contributed by atoms with Crippen LogP contribution in [0.2, 0.25) is 0 Å². The third-order valence-corrected chi connectivity index (χ3v) is 4.35. The lowest BCUT2D eigenvalue weighted by Crippen LogP contribution is -2.45. The molecule has 5 heteroatoms. The predicted octanol–water partition coefficient (Wildman–Crippen LogP) is 2.29. The second-order valence-corrected chi connectivity index (χ2v) is 6.86. The molecule has 0 spiro atoms. The van der Waals surface area contributed by atoms with Gasteiger partial charge in [0.25, 0.3) is 5.91 Å². The third kappa shape index (κ3) is 3.91. The number of nitrogens with zero attached hydrogens (tertiary/aromatic N) is 2. The van der Waals surface area contributed by atoms with Crippen LogP contribution in [-0.2, 0) is 4.79 Å². The first-order valence-electron chi connectivity index (χ1n) is 6.64. The van der Waals surface area contributed by atoms with Crippen molar-refractivity contribution in [2.24, 2.45) is 0 Å². The van der Waals surface area contributed by atoms with Crippen molar-refractivity contribution < 1.29 is 9.53 Å². The molecule has 1 fully saturated rings. The van der Waals surface area contributed by atoms with Gasteiger partial charge >= 0.3 is 0 Å². The molecule has 0 aliphatic carbocycles. The molecule has 1 heterocycles. The van der Waals surface area contributed by atoms with Crippen molar-refractivity contribution in [3.8, 4) is 11.8 Å². The largest absolute Gasteiger partial charge is 0.484 e. The fourth-order valence-electron chi connectivity index (χ4n) is 2.24. The third-order valence-electron chi connectivity index (χ3n) is 3.12. The SMILES string of the molecule is CC1CN(C(=O)COc2ccc(C#N)cc2)CC(C)S1. The topological polar surface area (TPSA) is 53.3 Å². The summed E-state index contributed by atoms with van der Waals surface area (Å²) in [6, 6.07) is 8.83. The van der Waals surface area contributed by atoms with Gasteiger partial charge in [-0.25, -0.2) is 0 Å². The summed E-state index contributed by atoms with van der Waals surface area (Å²) in [5.74, 6) is 0.637. The van der Waals surface area contributed by atoms with Gasteiger partial charge in [-0.05, 0) is 24.3 Å². The Kier molecular flexibility index (Phi) is 4.91. The van der Waals surface area contributed by atoms with Gasteiger partial charge in [0, 0.05) is 23.6 Å². The Bertz CT molecular complexity index is 500. The lowest BCUT2D eigenvalue weighted by molar-refractivity contribution is -0.133.